The summed E-state index contributed by atoms with van der Waals surface area (Å²) in [6.07, 6.45) is -0.372. The summed E-state index contributed by atoms with van der Waals surface area (Å²) in [4.78, 5) is 25.7. The summed E-state index contributed by atoms with van der Waals surface area (Å²) in [5.41, 5.74) is 0.704. The van der Waals surface area contributed by atoms with E-state index in [-0.39, 0.29) is 11.3 Å². The quantitative estimate of drug-likeness (QED) is 0.543. The topological polar surface area (TPSA) is 102 Å². The van der Waals surface area contributed by atoms with Crippen LogP contribution >= 0.6 is 0 Å². The van der Waals surface area contributed by atoms with E-state index >= 15 is 0 Å². The Hall–Kier alpha value is -3.72. The fourth-order valence-corrected chi connectivity index (χ4v) is 3.34. The number of carbonyl (C=O) groups is 2. The van der Waals surface area contributed by atoms with Crippen molar-refractivity contribution < 1.29 is 27.1 Å². The third-order valence-electron chi connectivity index (χ3n) is 4.12. The minimum absolute atomic E-state index is 0.0285. The number of nitrogens with one attached hydrogen (secondary N) is 2. The lowest BCUT2D eigenvalue weighted by Gasteiger charge is -2.19. The standard InChI is InChI=1S/C22H19FN2O5S/c1-31(28,29)25-19-10-6-5-9-18(19)22(27)30-20(15-7-3-2-4-8-15)21(26)24-17-13-11-16(23)12-14-17/h2-14,20,25H,1H3,(H,24,26). The van der Waals surface area contributed by atoms with Crippen molar-refractivity contribution in [1.29, 1.82) is 0 Å². The molecule has 0 fully saturated rings. The number of sulfonamides is 1. The van der Waals surface area contributed by atoms with Crippen LogP contribution in [0.5, 0.6) is 0 Å². The molecule has 2 N–H and O–H groups in total. The number of amides is 1. The second-order valence-corrected chi connectivity index (χ2v) is 8.36. The molecule has 0 heterocycles. The van der Waals surface area contributed by atoms with E-state index in [0.717, 1.165) is 6.26 Å². The van der Waals surface area contributed by atoms with Crippen molar-refractivity contribution in [3.63, 3.8) is 0 Å². The van der Waals surface area contributed by atoms with Crippen molar-refractivity contribution >= 4 is 33.3 Å². The molecular formula is C22H19FN2O5S. The van der Waals surface area contributed by atoms with Crippen molar-refractivity contribution in [2.75, 3.05) is 16.3 Å². The summed E-state index contributed by atoms with van der Waals surface area (Å²) in [5.74, 6) is -2.01. The zero-order chi connectivity index (χ0) is 22.4. The van der Waals surface area contributed by atoms with Gasteiger partial charge in [0.15, 0.2) is 0 Å². The smallest absolute Gasteiger partial charge is 0.341 e. The van der Waals surface area contributed by atoms with Gasteiger partial charge < -0.3 is 10.1 Å². The number of halogens is 1. The number of esters is 1. The Morgan fingerprint density at radius 3 is 2.16 bits per heavy atom. The van der Waals surface area contributed by atoms with Crippen molar-refractivity contribution in [2.45, 2.75) is 6.10 Å². The minimum Gasteiger partial charge on any atom is -0.444 e. The number of benzene rings is 3. The van der Waals surface area contributed by atoms with E-state index in [9.17, 15) is 22.4 Å². The maximum Gasteiger partial charge on any atom is 0.341 e. The molecule has 7 nitrogen and oxygen atoms in total. The molecule has 0 saturated heterocycles. The minimum atomic E-state index is -3.64. The van der Waals surface area contributed by atoms with Gasteiger partial charge in [-0.3, -0.25) is 9.52 Å². The Bertz CT molecular complexity index is 1180. The Balaban J connectivity index is 1.88. The van der Waals surface area contributed by atoms with E-state index in [1.165, 1.54) is 36.4 Å². The maximum absolute atomic E-state index is 13.1. The molecule has 1 amide bonds. The number of para-hydroxylation sites is 1. The molecule has 0 aliphatic rings. The largest absolute Gasteiger partial charge is 0.444 e. The first-order valence-corrected chi connectivity index (χ1v) is 11.0. The molecule has 3 rings (SSSR count). The molecule has 0 radical (unpaired) electrons. The molecule has 0 aliphatic carbocycles. The molecule has 0 bridgehead atoms. The van der Waals surface area contributed by atoms with Gasteiger partial charge in [-0.1, -0.05) is 42.5 Å². The molecule has 0 aliphatic heterocycles. The zero-order valence-corrected chi connectivity index (χ0v) is 17.2. The van der Waals surface area contributed by atoms with Gasteiger partial charge in [0.2, 0.25) is 16.1 Å². The maximum atomic E-state index is 13.1. The van der Waals surface area contributed by atoms with Gasteiger partial charge in [0.05, 0.1) is 17.5 Å². The lowest BCUT2D eigenvalue weighted by atomic mass is 10.1. The van der Waals surface area contributed by atoms with E-state index in [4.69, 9.17) is 4.74 Å². The zero-order valence-electron chi connectivity index (χ0n) is 16.4. The van der Waals surface area contributed by atoms with Crippen LogP contribution in [0.1, 0.15) is 22.0 Å². The van der Waals surface area contributed by atoms with E-state index in [1.54, 1.807) is 42.5 Å². The Morgan fingerprint density at radius 2 is 1.52 bits per heavy atom. The summed E-state index contributed by atoms with van der Waals surface area (Å²) in [6.45, 7) is 0. The Labute approximate surface area is 178 Å². The number of carbonyl (C=O) groups excluding carboxylic acids is 2. The first-order valence-electron chi connectivity index (χ1n) is 9.12. The molecule has 0 spiro atoms. The van der Waals surface area contributed by atoms with Gasteiger partial charge in [0.1, 0.15) is 5.82 Å². The Morgan fingerprint density at radius 1 is 0.903 bits per heavy atom. The molecule has 1 atom stereocenters. The third kappa shape index (κ3) is 6.13. The Kier molecular flexibility index (Phi) is 6.66. The summed E-state index contributed by atoms with van der Waals surface area (Å²) in [6, 6.07) is 19.4. The molecule has 9 heteroatoms. The predicted molar refractivity (Wildman–Crippen MR) is 115 cm³/mol. The van der Waals surface area contributed by atoms with Gasteiger partial charge in [-0.15, -0.1) is 0 Å². The highest BCUT2D eigenvalue weighted by Crippen LogP contribution is 2.24. The summed E-state index contributed by atoms with van der Waals surface area (Å²) in [5, 5.41) is 2.58. The number of hydrogen-bond donors (Lipinski definition) is 2. The summed E-state index contributed by atoms with van der Waals surface area (Å²) >= 11 is 0. The van der Waals surface area contributed by atoms with Crippen LogP contribution in [-0.4, -0.2) is 26.6 Å². The third-order valence-corrected chi connectivity index (χ3v) is 4.71. The molecule has 1 unspecified atom stereocenters. The number of ether oxygens (including phenoxy) is 1. The second-order valence-electron chi connectivity index (χ2n) is 6.61. The average Bonchev–Trinajstić information content (AvgIpc) is 2.73. The number of rotatable bonds is 7. The molecular weight excluding hydrogens is 423 g/mol. The van der Waals surface area contributed by atoms with Gasteiger partial charge in [-0.05, 0) is 36.4 Å². The summed E-state index contributed by atoms with van der Waals surface area (Å²) < 4.78 is 44.1. The number of anilines is 2. The highest BCUT2D eigenvalue weighted by Gasteiger charge is 2.27. The SMILES string of the molecule is CS(=O)(=O)Nc1ccccc1C(=O)OC(C(=O)Nc1ccc(F)cc1)c1ccccc1. The average molecular weight is 442 g/mol. The van der Waals surface area contributed by atoms with Crippen LogP contribution in [0.25, 0.3) is 0 Å². The van der Waals surface area contributed by atoms with Gasteiger partial charge in [0, 0.05) is 11.3 Å². The molecule has 0 saturated carbocycles. The lowest BCUT2D eigenvalue weighted by molar-refractivity contribution is -0.125. The van der Waals surface area contributed by atoms with Crippen LogP contribution in [0, 0.1) is 5.82 Å². The van der Waals surface area contributed by atoms with Crippen molar-refractivity contribution in [2.24, 2.45) is 0 Å². The number of hydrogen-bond acceptors (Lipinski definition) is 5. The van der Waals surface area contributed by atoms with Crippen LogP contribution in [0.15, 0.2) is 78.9 Å². The first-order chi connectivity index (χ1) is 14.7. The van der Waals surface area contributed by atoms with E-state index < -0.39 is 33.8 Å². The van der Waals surface area contributed by atoms with E-state index in [0.29, 0.717) is 11.3 Å². The highest BCUT2D eigenvalue weighted by molar-refractivity contribution is 7.92. The van der Waals surface area contributed by atoms with Gasteiger partial charge in [0.25, 0.3) is 5.91 Å². The molecule has 0 aromatic heterocycles. The summed E-state index contributed by atoms with van der Waals surface area (Å²) in [7, 11) is -3.64. The monoisotopic (exact) mass is 442 g/mol. The highest BCUT2D eigenvalue weighted by atomic mass is 32.2. The predicted octanol–water partition coefficient (Wildman–Crippen LogP) is 3.73. The van der Waals surface area contributed by atoms with E-state index in [1.807, 2.05) is 0 Å². The van der Waals surface area contributed by atoms with Crippen LogP contribution < -0.4 is 10.0 Å². The molecule has 160 valence electrons. The normalized spacial score (nSPS) is 11.9. The van der Waals surface area contributed by atoms with Crippen molar-refractivity contribution in [3.05, 3.63) is 95.8 Å². The second kappa shape index (κ2) is 9.40. The molecule has 3 aromatic carbocycles. The van der Waals surface area contributed by atoms with Crippen LogP contribution in [0.4, 0.5) is 15.8 Å². The van der Waals surface area contributed by atoms with Crippen molar-refractivity contribution in [3.8, 4) is 0 Å². The van der Waals surface area contributed by atoms with Gasteiger partial charge in [-0.2, -0.15) is 0 Å². The fourth-order valence-electron chi connectivity index (χ4n) is 2.76. The molecule has 31 heavy (non-hydrogen) atoms. The van der Waals surface area contributed by atoms with Crippen molar-refractivity contribution in [1.82, 2.24) is 0 Å². The van der Waals surface area contributed by atoms with Gasteiger partial charge in [-0.25, -0.2) is 17.6 Å². The lowest BCUT2D eigenvalue weighted by Crippen LogP contribution is -2.26. The van der Waals surface area contributed by atoms with Crippen LogP contribution in [0.2, 0.25) is 0 Å². The fraction of sp³-hybridized carbons (Fsp3) is 0.0909. The van der Waals surface area contributed by atoms with Crippen LogP contribution in [-0.2, 0) is 19.6 Å². The van der Waals surface area contributed by atoms with Crippen LogP contribution in [0.3, 0.4) is 0 Å². The molecule has 3 aromatic rings. The van der Waals surface area contributed by atoms with Gasteiger partial charge >= 0.3 is 5.97 Å². The first kappa shape index (κ1) is 22.0. The van der Waals surface area contributed by atoms with E-state index in [2.05, 4.69) is 10.0 Å².